The van der Waals surface area contributed by atoms with Crippen molar-refractivity contribution in [2.24, 2.45) is 5.92 Å². The number of unbranched alkanes of at least 4 members (excludes halogenated alkanes) is 2. The standard InChI is InChI=1S/C33H41NO2.C4H10.C3H8O/c1-6-8-22-34(23-9-7-2)31-20-16-28(17-21-31)15-19-30-25-32(35-4)29(24-33(30)36-5)18-14-27-12-10-26(3)11-13-27;1-4(2)3;1-2-3-4/h10-21,24-25H,6-9,22-23H2,1-5H3;4H,1-3H3;4H,2-3H2,1H3/b18-14+,19-15+;;. The molecular weight excluding hydrogens is 542 g/mol. The van der Waals surface area contributed by atoms with Crippen LogP contribution < -0.4 is 14.4 Å². The van der Waals surface area contributed by atoms with Crippen LogP contribution in [0.4, 0.5) is 5.69 Å². The van der Waals surface area contributed by atoms with Crippen LogP contribution in [0.1, 0.15) is 101 Å². The van der Waals surface area contributed by atoms with E-state index in [4.69, 9.17) is 14.6 Å². The molecule has 0 aromatic heterocycles. The molecule has 3 aromatic rings. The van der Waals surface area contributed by atoms with Crippen molar-refractivity contribution in [1.29, 1.82) is 0 Å². The summed E-state index contributed by atoms with van der Waals surface area (Å²) in [7, 11) is 3.42. The number of anilines is 1. The molecule has 0 spiro atoms. The van der Waals surface area contributed by atoms with E-state index in [1.165, 1.54) is 36.9 Å². The maximum absolute atomic E-state index is 7.88. The average molecular weight is 602 g/mol. The van der Waals surface area contributed by atoms with Gasteiger partial charge in [0.2, 0.25) is 0 Å². The minimum Gasteiger partial charge on any atom is -0.496 e. The van der Waals surface area contributed by atoms with Gasteiger partial charge >= 0.3 is 0 Å². The van der Waals surface area contributed by atoms with Crippen molar-refractivity contribution in [3.63, 3.8) is 0 Å². The Morgan fingerprint density at radius 3 is 1.39 bits per heavy atom. The molecule has 0 heterocycles. The van der Waals surface area contributed by atoms with Gasteiger partial charge in [-0.25, -0.2) is 0 Å². The second-order valence-corrected chi connectivity index (χ2v) is 11.7. The van der Waals surface area contributed by atoms with Crippen LogP contribution in [0.3, 0.4) is 0 Å². The summed E-state index contributed by atoms with van der Waals surface area (Å²) in [4.78, 5) is 2.51. The number of aliphatic hydroxyl groups is 1. The number of rotatable bonds is 14. The topological polar surface area (TPSA) is 41.9 Å². The fourth-order valence-corrected chi connectivity index (χ4v) is 4.12. The Hall–Kier alpha value is -3.50. The average Bonchev–Trinajstić information content (AvgIpc) is 3.03. The van der Waals surface area contributed by atoms with Gasteiger partial charge in [0.1, 0.15) is 11.5 Å². The van der Waals surface area contributed by atoms with Crippen LogP contribution >= 0.6 is 0 Å². The number of hydrogen-bond donors (Lipinski definition) is 1. The Labute approximate surface area is 269 Å². The normalized spacial score (nSPS) is 10.8. The highest BCUT2D eigenvalue weighted by atomic mass is 16.5. The third kappa shape index (κ3) is 15.3. The molecule has 3 aromatic carbocycles. The summed E-state index contributed by atoms with van der Waals surface area (Å²) in [5, 5.41) is 7.88. The maximum atomic E-state index is 7.88. The van der Waals surface area contributed by atoms with Crippen LogP contribution in [0, 0.1) is 12.8 Å². The first-order valence-corrected chi connectivity index (χ1v) is 16.4. The monoisotopic (exact) mass is 601 g/mol. The van der Waals surface area contributed by atoms with Crippen LogP contribution in [0.15, 0.2) is 60.7 Å². The summed E-state index contributed by atoms with van der Waals surface area (Å²) in [6, 6.07) is 21.4. The van der Waals surface area contributed by atoms with E-state index in [-0.39, 0.29) is 0 Å². The van der Waals surface area contributed by atoms with E-state index in [1.54, 1.807) is 14.2 Å². The predicted octanol–water partition coefficient (Wildman–Crippen LogP) is 10.8. The highest BCUT2D eigenvalue weighted by Crippen LogP contribution is 2.32. The van der Waals surface area contributed by atoms with Crippen molar-refractivity contribution >= 4 is 30.0 Å². The van der Waals surface area contributed by atoms with Gasteiger partial charge < -0.3 is 19.5 Å². The Balaban J connectivity index is 0.00000108. The minimum atomic E-state index is 0.319. The Morgan fingerprint density at radius 1 is 0.659 bits per heavy atom. The molecule has 0 saturated carbocycles. The molecule has 0 aliphatic heterocycles. The SMILES string of the molecule is CC(C)C.CCCCN(CCCC)c1ccc(/C=C/c2cc(OC)c(/C=C/c3ccc(C)cc3)cc2OC)cc1.CCCO. The highest BCUT2D eigenvalue weighted by molar-refractivity contribution is 5.79. The second-order valence-electron chi connectivity index (χ2n) is 11.7. The summed E-state index contributed by atoms with van der Waals surface area (Å²) < 4.78 is 11.4. The van der Waals surface area contributed by atoms with E-state index >= 15 is 0 Å². The number of hydrogen-bond acceptors (Lipinski definition) is 4. The molecule has 0 amide bonds. The molecule has 3 rings (SSSR count). The number of aliphatic hydroxyl groups excluding tert-OH is 1. The first-order chi connectivity index (χ1) is 21.2. The molecule has 0 aliphatic rings. The van der Waals surface area contributed by atoms with E-state index in [9.17, 15) is 0 Å². The minimum absolute atomic E-state index is 0.319. The lowest BCUT2D eigenvalue weighted by molar-refractivity contribution is 0.295. The zero-order valence-electron chi connectivity index (χ0n) is 29.0. The van der Waals surface area contributed by atoms with Gasteiger partial charge in [-0.05, 0) is 67.5 Å². The van der Waals surface area contributed by atoms with Gasteiger partial charge in [0.25, 0.3) is 0 Å². The molecule has 0 aliphatic carbocycles. The summed E-state index contributed by atoms with van der Waals surface area (Å²) in [5.74, 6) is 2.47. The first kappa shape index (κ1) is 38.5. The molecule has 0 saturated heterocycles. The Bertz CT molecular complexity index is 1200. The van der Waals surface area contributed by atoms with Gasteiger partial charge in [-0.1, -0.05) is 121 Å². The Morgan fingerprint density at radius 2 is 1.05 bits per heavy atom. The molecule has 0 fully saturated rings. The quantitative estimate of drug-likeness (QED) is 0.187. The third-order valence-electron chi connectivity index (χ3n) is 6.62. The van der Waals surface area contributed by atoms with Crippen molar-refractivity contribution in [2.45, 2.75) is 80.6 Å². The van der Waals surface area contributed by atoms with Crippen LogP contribution in [0.25, 0.3) is 24.3 Å². The lowest BCUT2D eigenvalue weighted by atomic mass is 10.0. The molecule has 4 nitrogen and oxygen atoms in total. The third-order valence-corrected chi connectivity index (χ3v) is 6.62. The van der Waals surface area contributed by atoms with Gasteiger partial charge in [-0.2, -0.15) is 0 Å². The van der Waals surface area contributed by atoms with Gasteiger partial charge in [0.05, 0.1) is 14.2 Å². The van der Waals surface area contributed by atoms with Crippen molar-refractivity contribution in [2.75, 3.05) is 38.8 Å². The fourth-order valence-electron chi connectivity index (χ4n) is 4.12. The number of ether oxygens (including phenoxy) is 2. The van der Waals surface area contributed by atoms with E-state index in [0.717, 1.165) is 59.2 Å². The molecule has 0 atom stereocenters. The highest BCUT2D eigenvalue weighted by Gasteiger charge is 2.09. The van der Waals surface area contributed by atoms with E-state index < -0.39 is 0 Å². The van der Waals surface area contributed by atoms with E-state index in [0.29, 0.717) is 6.61 Å². The Kier molecular flexibility index (Phi) is 20.1. The molecule has 0 bridgehead atoms. The molecule has 4 heteroatoms. The number of nitrogens with zero attached hydrogens (tertiary/aromatic N) is 1. The number of aryl methyl sites for hydroxylation is 1. The van der Waals surface area contributed by atoms with Gasteiger partial charge in [-0.3, -0.25) is 0 Å². The van der Waals surface area contributed by atoms with Crippen LogP contribution in [0.2, 0.25) is 0 Å². The molecular formula is C40H59NO3. The van der Waals surface area contributed by atoms with Crippen LogP contribution in [0.5, 0.6) is 11.5 Å². The fraction of sp³-hybridized carbons (Fsp3) is 0.450. The van der Waals surface area contributed by atoms with Crippen molar-refractivity contribution in [3.8, 4) is 11.5 Å². The molecule has 242 valence electrons. The van der Waals surface area contributed by atoms with Crippen LogP contribution in [-0.4, -0.2) is 39.0 Å². The second kappa shape index (κ2) is 23.0. The molecule has 44 heavy (non-hydrogen) atoms. The summed E-state index contributed by atoms with van der Waals surface area (Å²) in [5.41, 5.74) is 6.83. The lowest BCUT2D eigenvalue weighted by Crippen LogP contribution is -2.25. The van der Waals surface area contributed by atoms with Gasteiger partial charge in [0, 0.05) is 36.5 Å². The van der Waals surface area contributed by atoms with Crippen molar-refractivity contribution in [3.05, 3.63) is 88.5 Å². The predicted molar refractivity (Wildman–Crippen MR) is 195 cm³/mol. The van der Waals surface area contributed by atoms with Gasteiger partial charge in [-0.15, -0.1) is 0 Å². The summed E-state index contributed by atoms with van der Waals surface area (Å²) in [6.45, 7) is 17.6. The lowest BCUT2D eigenvalue weighted by Gasteiger charge is -2.24. The summed E-state index contributed by atoms with van der Waals surface area (Å²) >= 11 is 0. The maximum Gasteiger partial charge on any atom is 0.126 e. The molecule has 0 unspecified atom stereocenters. The van der Waals surface area contributed by atoms with E-state index in [1.807, 2.05) is 19.1 Å². The number of benzene rings is 3. The molecule has 0 radical (unpaired) electrons. The van der Waals surface area contributed by atoms with Crippen LogP contribution in [-0.2, 0) is 0 Å². The van der Waals surface area contributed by atoms with E-state index in [2.05, 4.69) is 119 Å². The first-order valence-electron chi connectivity index (χ1n) is 16.4. The molecule has 1 N–H and O–H groups in total. The smallest absolute Gasteiger partial charge is 0.126 e. The number of methoxy groups -OCH3 is 2. The largest absolute Gasteiger partial charge is 0.496 e. The summed E-state index contributed by atoms with van der Waals surface area (Å²) in [6.07, 6.45) is 14.2. The zero-order chi connectivity index (χ0) is 32.7. The zero-order valence-corrected chi connectivity index (χ0v) is 29.0. The van der Waals surface area contributed by atoms with Crippen molar-refractivity contribution in [1.82, 2.24) is 0 Å². The van der Waals surface area contributed by atoms with Gasteiger partial charge in [0.15, 0.2) is 0 Å². The van der Waals surface area contributed by atoms with Crippen molar-refractivity contribution < 1.29 is 14.6 Å².